The Balaban J connectivity index is 1.43. The van der Waals surface area contributed by atoms with Gasteiger partial charge in [-0.3, -0.25) is 9.59 Å². The molecule has 0 fully saturated rings. The number of hydrogen-bond acceptors (Lipinski definition) is 6. The van der Waals surface area contributed by atoms with E-state index in [1.54, 1.807) is 11.8 Å². The molecule has 4 aromatic rings. The van der Waals surface area contributed by atoms with Crippen molar-refractivity contribution in [1.82, 2.24) is 9.97 Å². The molecule has 29 heavy (non-hydrogen) atoms. The molecular formula is C21H17N3O2S3. The van der Waals surface area contributed by atoms with Crippen molar-refractivity contribution in [2.45, 2.75) is 21.9 Å². The Morgan fingerprint density at radius 3 is 2.72 bits per heavy atom. The number of anilines is 1. The van der Waals surface area contributed by atoms with Crippen LogP contribution in [0.25, 0.3) is 10.2 Å². The Kier molecular flexibility index (Phi) is 6.03. The van der Waals surface area contributed by atoms with Gasteiger partial charge in [-0.25, -0.2) is 4.98 Å². The number of rotatable bonds is 6. The van der Waals surface area contributed by atoms with Gasteiger partial charge >= 0.3 is 0 Å². The predicted octanol–water partition coefficient (Wildman–Crippen LogP) is 5.18. The van der Waals surface area contributed by atoms with E-state index in [0.717, 1.165) is 20.4 Å². The van der Waals surface area contributed by atoms with Gasteiger partial charge in [0.15, 0.2) is 5.16 Å². The van der Waals surface area contributed by atoms with Crippen molar-refractivity contribution in [3.8, 4) is 0 Å². The van der Waals surface area contributed by atoms with Gasteiger partial charge in [0, 0.05) is 14.7 Å². The third kappa shape index (κ3) is 4.90. The van der Waals surface area contributed by atoms with Crippen LogP contribution in [0.4, 0.5) is 5.69 Å². The van der Waals surface area contributed by atoms with E-state index in [4.69, 9.17) is 0 Å². The maximum Gasteiger partial charge on any atom is 0.260 e. The Morgan fingerprint density at radius 2 is 1.90 bits per heavy atom. The van der Waals surface area contributed by atoms with E-state index in [1.807, 2.05) is 67.6 Å². The summed E-state index contributed by atoms with van der Waals surface area (Å²) < 4.78 is 0. The van der Waals surface area contributed by atoms with Gasteiger partial charge in [-0.1, -0.05) is 53.9 Å². The smallest absolute Gasteiger partial charge is 0.260 e. The number of carbonyl (C=O) groups is 1. The maximum absolute atomic E-state index is 12.5. The molecule has 0 aliphatic rings. The van der Waals surface area contributed by atoms with Crippen molar-refractivity contribution in [2.75, 3.05) is 11.1 Å². The second-order valence-electron chi connectivity index (χ2n) is 6.20. The molecule has 146 valence electrons. The number of hydrogen-bond donors (Lipinski definition) is 2. The number of amides is 1. The number of H-pyrrole nitrogens is 1. The minimum Gasteiger partial charge on any atom is -0.324 e. The standard InChI is InChI=1S/C21H17N3O2S3/c1-13-11-15-19(26)23-21(24-20(15)28-13)27-12-18(25)22-16-9-5-6-10-17(16)29-14-7-3-2-4-8-14/h2-11H,12H2,1H3,(H,22,25)(H,23,24,26). The molecule has 2 heterocycles. The van der Waals surface area contributed by atoms with Crippen LogP contribution >= 0.6 is 34.9 Å². The van der Waals surface area contributed by atoms with Crippen molar-refractivity contribution in [2.24, 2.45) is 0 Å². The number of nitrogens with one attached hydrogen (secondary N) is 2. The van der Waals surface area contributed by atoms with Crippen LogP contribution in [0.15, 0.2) is 80.4 Å². The van der Waals surface area contributed by atoms with E-state index in [9.17, 15) is 9.59 Å². The van der Waals surface area contributed by atoms with Crippen LogP contribution in [0.5, 0.6) is 0 Å². The summed E-state index contributed by atoms with van der Waals surface area (Å²) in [6.45, 7) is 1.94. The summed E-state index contributed by atoms with van der Waals surface area (Å²) in [5.74, 6) is 0.00424. The minimum absolute atomic E-state index is 0.152. The fourth-order valence-corrected chi connectivity index (χ4v) is 5.22. The van der Waals surface area contributed by atoms with Crippen LogP contribution in [-0.2, 0) is 4.79 Å². The average molecular weight is 440 g/mol. The number of fused-ring (bicyclic) bond motifs is 1. The first-order chi connectivity index (χ1) is 14.1. The van der Waals surface area contributed by atoms with Crippen LogP contribution < -0.4 is 10.9 Å². The molecule has 0 aliphatic heterocycles. The Hall–Kier alpha value is -2.55. The minimum atomic E-state index is -0.174. The van der Waals surface area contributed by atoms with Crippen LogP contribution in [0, 0.1) is 6.92 Å². The average Bonchev–Trinajstić information content (AvgIpc) is 3.10. The number of thioether (sulfide) groups is 1. The first-order valence-electron chi connectivity index (χ1n) is 8.83. The summed E-state index contributed by atoms with van der Waals surface area (Å²) in [5.41, 5.74) is 0.588. The maximum atomic E-state index is 12.5. The highest BCUT2D eigenvalue weighted by Gasteiger charge is 2.11. The summed E-state index contributed by atoms with van der Waals surface area (Å²) in [7, 11) is 0. The number of nitrogens with zero attached hydrogens (tertiary/aromatic N) is 1. The second kappa shape index (κ2) is 8.86. The highest BCUT2D eigenvalue weighted by atomic mass is 32.2. The molecule has 0 unspecified atom stereocenters. The Labute approximate surface area is 180 Å². The van der Waals surface area contributed by atoms with Crippen LogP contribution in [0.1, 0.15) is 4.88 Å². The normalized spacial score (nSPS) is 10.9. The number of aryl methyl sites for hydroxylation is 1. The molecule has 8 heteroatoms. The summed E-state index contributed by atoms with van der Waals surface area (Å²) in [4.78, 5) is 35.6. The first-order valence-corrected chi connectivity index (χ1v) is 11.5. The van der Waals surface area contributed by atoms with Gasteiger partial charge in [0.05, 0.1) is 16.8 Å². The zero-order valence-corrected chi connectivity index (χ0v) is 17.9. The number of thiophene rings is 1. The molecule has 0 saturated carbocycles. The van der Waals surface area contributed by atoms with Crippen LogP contribution in [0.3, 0.4) is 0 Å². The largest absolute Gasteiger partial charge is 0.324 e. The van der Waals surface area contributed by atoms with E-state index in [2.05, 4.69) is 15.3 Å². The quantitative estimate of drug-likeness (QED) is 0.320. The Bertz CT molecular complexity index is 1220. The monoisotopic (exact) mass is 439 g/mol. The highest BCUT2D eigenvalue weighted by Crippen LogP contribution is 2.33. The molecule has 0 saturated heterocycles. The molecule has 5 nitrogen and oxygen atoms in total. The van der Waals surface area contributed by atoms with Crippen LogP contribution in [0.2, 0.25) is 0 Å². The molecular weight excluding hydrogens is 422 g/mol. The fraction of sp³-hybridized carbons (Fsp3) is 0.0952. The lowest BCUT2D eigenvalue weighted by molar-refractivity contribution is -0.113. The zero-order chi connectivity index (χ0) is 20.2. The van der Waals surface area contributed by atoms with Gasteiger partial charge < -0.3 is 10.3 Å². The van der Waals surface area contributed by atoms with Gasteiger partial charge in [0.2, 0.25) is 5.91 Å². The summed E-state index contributed by atoms with van der Waals surface area (Å²) >= 11 is 4.29. The van der Waals surface area contributed by atoms with E-state index in [1.165, 1.54) is 23.1 Å². The van der Waals surface area contributed by atoms with Crippen molar-refractivity contribution in [1.29, 1.82) is 0 Å². The molecule has 2 aromatic carbocycles. The lowest BCUT2D eigenvalue weighted by Crippen LogP contribution is -2.15. The number of carbonyl (C=O) groups excluding carboxylic acids is 1. The number of aromatic nitrogens is 2. The molecule has 2 aromatic heterocycles. The van der Waals surface area contributed by atoms with Gasteiger partial charge in [-0.2, -0.15) is 0 Å². The van der Waals surface area contributed by atoms with E-state index in [-0.39, 0.29) is 17.2 Å². The number of aromatic amines is 1. The predicted molar refractivity (Wildman–Crippen MR) is 121 cm³/mol. The van der Waals surface area contributed by atoms with Crippen molar-refractivity contribution in [3.63, 3.8) is 0 Å². The second-order valence-corrected chi connectivity index (χ2v) is 9.51. The van der Waals surface area contributed by atoms with E-state index < -0.39 is 0 Å². The van der Waals surface area contributed by atoms with E-state index in [0.29, 0.717) is 15.4 Å². The third-order valence-corrected chi connectivity index (χ3v) is 6.88. The summed E-state index contributed by atoms with van der Waals surface area (Å²) in [6, 6.07) is 19.5. The summed E-state index contributed by atoms with van der Waals surface area (Å²) in [5, 5.41) is 4.00. The van der Waals surface area contributed by atoms with Gasteiger partial charge in [0.1, 0.15) is 4.83 Å². The SMILES string of the molecule is Cc1cc2c(=O)[nH]c(SCC(=O)Nc3ccccc3Sc3ccccc3)nc2s1. The molecule has 0 spiro atoms. The molecule has 0 aliphatic carbocycles. The number of para-hydroxylation sites is 1. The zero-order valence-electron chi connectivity index (χ0n) is 15.5. The van der Waals surface area contributed by atoms with Crippen LogP contribution in [-0.4, -0.2) is 21.6 Å². The lowest BCUT2D eigenvalue weighted by Gasteiger charge is -2.10. The summed E-state index contributed by atoms with van der Waals surface area (Å²) in [6.07, 6.45) is 0. The number of benzene rings is 2. The van der Waals surface area contributed by atoms with E-state index >= 15 is 0 Å². The highest BCUT2D eigenvalue weighted by molar-refractivity contribution is 8.00. The molecule has 0 atom stereocenters. The Morgan fingerprint density at radius 1 is 1.14 bits per heavy atom. The third-order valence-electron chi connectivity index (χ3n) is 3.98. The molecule has 0 radical (unpaired) electrons. The molecule has 4 rings (SSSR count). The van der Waals surface area contributed by atoms with Gasteiger partial charge in [-0.05, 0) is 37.3 Å². The van der Waals surface area contributed by atoms with Gasteiger partial charge in [-0.15, -0.1) is 11.3 Å². The topological polar surface area (TPSA) is 74.8 Å². The lowest BCUT2D eigenvalue weighted by atomic mass is 10.3. The van der Waals surface area contributed by atoms with Crippen molar-refractivity contribution < 1.29 is 4.79 Å². The molecule has 2 N–H and O–H groups in total. The van der Waals surface area contributed by atoms with Gasteiger partial charge in [0.25, 0.3) is 5.56 Å². The first kappa shape index (κ1) is 19.8. The van der Waals surface area contributed by atoms with Crippen molar-refractivity contribution >= 4 is 56.7 Å². The van der Waals surface area contributed by atoms with Crippen molar-refractivity contribution in [3.05, 3.63) is 75.9 Å². The molecule has 0 bridgehead atoms. The molecule has 1 amide bonds. The fourth-order valence-electron chi connectivity index (χ4n) is 2.70.